The lowest BCUT2D eigenvalue weighted by Crippen LogP contribution is -2.42. The summed E-state index contributed by atoms with van der Waals surface area (Å²) in [5.41, 5.74) is 2.17. The van der Waals surface area contributed by atoms with E-state index in [0.717, 1.165) is 11.4 Å². The lowest BCUT2D eigenvalue weighted by atomic mass is 10.0. The van der Waals surface area contributed by atoms with E-state index in [4.69, 9.17) is 0 Å². The lowest BCUT2D eigenvalue weighted by Gasteiger charge is -2.18. The summed E-state index contributed by atoms with van der Waals surface area (Å²) in [7, 11) is 0. The maximum Gasteiger partial charge on any atom is 0.224 e. The van der Waals surface area contributed by atoms with E-state index < -0.39 is 0 Å². The Balaban J connectivity index is 1.61. The third kappa shape index (κ3) is 3.89. The highest BCUT2D eigenvalue weighted by Crippen LogP contribution is 2.22. The van der Waals surface area contributed by atoms with Gasteiger partial charge in [0.25, 0.3) is 0 Å². The zero-order valence-corrected chi connectivity index (χ0v) is 13.7. The monoisotopic (exact) mass is 326 g/mol. The molecule has 1 amide bonds. The van der Waals surface area contributed by atoms with Crippen molar-refractivity contribution in [2.45, 2.75) is 19.4 Å². The van der Waals surface area contributed by atoms with E-state index in [2.05, 4.69) is 20.2 Å². The summed E-state index contributed by atoms with van der Waals surface area (Å²) in [4.78, 5) is 22.5. The van der Waals surface area contributed by atoms with Crippen LogP contribution in [0.15, 0.2) is 42.9 Å². The summed E-state index contributed by atoms with van der Waals surface area (Å²) < 4.78 is 0. The summed E-state index contributed by atoms with van der Waals surface area (Å²) in [6.07, 6.45) is 3.55. The van der Waals surface area contributed by atoms with Crippen molar-refractivity contribution in [3.63, 3.8) is 0 Å². The maximum absolute atomic E-state index is 12.3. The fraction of sp³-hybridized carbons (Fsp3) is 0.389. The SMILES string of the molecule is Cc1ccc(CC(=O)N[C@@H]2CN(c3ccncn3)C[C@H]2CO)cc1. The van der Waals surface area contributed by atoms with Gasteiger partial charge in [0.1, 0.15) is 12.1 Å². The first-order valence-electron chi connectivity index (χ1n) is 8.12. The Morgan fingerprint density at radius 1 is 1.29 bits per heavy atom. The number of carbonyl (C=O) groups excluding carboxylic acids is 1. The number of benzene rings is 1. The molecular formula is C18H22N4O2. The van der Waals surface area contributed by atoms with Gasteiger partial charge in [-0.15, -0.1) is 0 Å². The average molecular weight is 326 g/mol. The van der Waals surface area contributed by atoms with Gasteiger partial charge in [-0.05, 0) is 18.6 Å². The van der Waals surface area contributed by atoms with Gasteiger partial charge in [0.05, 0.1) is 12.5 Å². The van der Waals surface area contributed by atoms with Gasteiger partial charge >= 0.3 is 0 Å². The van der Waals surface area contributed by atoms with E-state index in [-0.39, 0.29) is 24.5 Å². The van der Waals surface area contributed by atoms with Crippen LogP contribution in [0.4, 0.5) is 5.82 Å². The number of anilines is 1. The summed E-state index contributed by atoms with van der Waals surface area (Å²) in [5.74, 6) is 0.799. The molecule has 0 unspecified atom stereocenters. The molecule has 3 rings (SSSR count). The van der Waals surface area contributed by atoms with Crippen molar-refractivity contribution >= 4 is 11.7 Å². The van der Waals surface area contributed by atoms with Crippen molar-refractivity contribution in [2.75, 3.05) is 24.6 Å². The molecule has 1 aliphatic heterocycles. The zero-order chi connectivity index (χ0) is 16.9. The van der Waals surface area contributed by atoms with Crippen molar-refractivity contribution in [3.05, 3.63) is 54.0 Å². The molecule has 0 bridgehead atoms. The van der Waals surface area contributed by atoms with E-state index in [1.807, 2.05) is 37.3 Å². The predicted molar refractivity (Wildman–Crippen MR) is 91.6 cm³/mol. The van der Waals surface area contributed by atoms with E-state index in [9.17, 15) is 9.90 Å². The number of carbonyl (C=O) groups is 1. The van der Waals surface area contributed by atoms with Crippen LogP contribution in [-0.2, 0) is 11.2 Å². The fourth-order valence-electron chi connectivity index (χ4n) is 3.03. The first kappa shape index (κ1) is 16.4. The van der Waals surface area contributed by atoms with E-state index >= 15 is 0 Å². The number of aryl methyl sites for hydroxylation is 1. The predicted octanol–water partition coefficient (Wildman–Crippen LogP) is 0.941. The van der Waals surface area contributed by atoms with Crippen LogP contribution in [0, 0.1) is 12.8 Å². The van der Waals surface area contributed by atoms with Crippen LogP contribution < -0.4 is 10.2 Å². The van der Waals surface area contributed by atoms with Crippen LogP contribution in [0.25, 0.3) is 0 Å². The lowest BCUT2D eigenvalue weighted by molar-refractivity contribution is -0.121. The Labute approximate surface area is 141 Å². The number of nitrogens with zero attached hydrogens (tertiary/aromatic N) is 3. The molecule has 1 aromatic carbocycles. The van der Waals surface area contributed by atoms with Crippen LogP contribution >= 0.6 is 0 Å². The zero-order valence-electron chi connectivity index (χ0n) is 13.7. The minimum Gasteiger partial charge on any atom is -0.396 e. The van der Waals surface area contributed by atoms with Gasteiger partial charge in [0, 0.05) is 31.8 Å². The van der Waals surface area contributed by atoms with Crippen molar-refractivity contribution < 1.29 is 9.90 Å². The molecule has 6 nitrogen and oxygen atoms in total. The number of aromatic nitrogens is 2. The highest BCUT2D eigenvalue weighted by Gasteiger charge is 2.33. The molecule has 1 saturated heterocycles. The summed E-state index contributed by atoms with van der Waals surface area (Å²) in [6, 6.07) is 9.71. The third-order valence-electron chi connectivity index (χ3n) is 4.40. The first-order valence-corrected chi connectivity index (χ1v) is 8.12. The summed E-state index contributed by atoms with van der Waals surface area (Å²) >= 11 is 0. The van der Waals surface area contributed by atoms with Gasteiger partial charge in [-0.3, -0.25) is 4.79 Å². The molecule has 0 spiro atoms. The van der Waals surface area contributed by atoms with Crippen LogP contribution in [0.5, 0.6) is 0 Å². The second-order valence-corrected chi connectivity index (χ2v) is 6.25. The number of rotatable bonds is 5. The second-order valence-electron chi connectivity index (χ2n) is 6.25. The molecule has 1 fully saturated rings. The Bertz CT molecular complexity index is 675. The Morgan fingerprint density at radius 3 is 2.75 bits per heavy atom. The van der Waals surface area contributed by atoms with Gasteiger partial charge in [-0.25, -0.2) is 9.97 Å². The number of aliphatic hydroxyl groups excluding tert-OH is 1. The Morgan fingerprint density at radius 2 is 2.08 bits per heavy atom. The standard InChI is InChI=1S/C18H22N4O2/c1-13-2-4-14(5-3-13)8-18(24)21-16-10-22(9-15(16)11-23)17-6-7-19-12-20-17/h2-7,12,15-16,23H,8-11H2,1H3,(H,21,24)/t15-,16+/m0/s1. The molecule has 6 heteroatoms. The highest BCUT2D eigenvalue weighted by atomic mass is 16.3. The molecule has 2 atom stereocenters. The van der Waals surface area contributed by atoms with Crippen molar-refractivity contribution in [1.29, 1.82) is 0 Å². The van der Waals surface area contributed by atoms with Crippen molar-refractivity contribution in [3.8, 4) is 0 Å². The third-order valence-corrected chi connectivity index (χ3v) is 4.40. The molecule has 126 valence electrons. The molecule has 2 heterocycles. The molecular weight excluding hydrogens is 304 g/mol. The molecule has 1 aliphatic rings. The van der Waals surface area contributed by atoms with Gasteiger partial charge in [-0.1, -0.05) is 29.8 Å². The number of aliphatic hydroxyl groups is 1. The Hall–Kier alpha value is -2.47. The number of nitrogens with one attached hydrogen (secondary N) is 1. The van der Waals surface area contributed by atoms with E-state index in [1.54, 1.807) is 6.20 Å². The van der Waals surface area contributed by atoms with Gasteiger partial charge in [0.15, 0.2) is 0 Å². The number of hydrogen-bond acceptors (Lipinski definition) is 5. The molecule has 2 aromatic rings. The van der Waals surface area contributed by atoms with Crippen molar-refractivity contribution in [1.82, 2.24) is 15.3 Å². The smallest absolute Gasteiger partial charge is 0.224 e. The fourth-order valence-corrected chi connectivity index (χ4v) is 3.03. The molecule has 1 aromatic heterocycles. The van der Waals surface area contributed by atoms with Crippen LogP contribution in [0.3, 0.4) is 0 Å². The topological polar surface area (TPSA) is 78.4 Å². The molecule has 0 saturated carbocycles. The Kier molecular flexibility index (Phi) is 5.05. The normalized spacial score (nSPS) is 20.2. The number of hydrogen-bond donors (Lipinski definition) is 2. The van der Waals surface area contributed by atoms with Crippen LogP contribution in [0.1, 0.15) is 11.1 Å². The second kappa shape index (κ2) is 7.40. The summed E-state index contributed by atoms with van der Waals surface area (Å²) in [6.45, 7) is 3.37. The molecule has 0 aliphatic carbocycles. The quantitative estimate of drug-likeness (QED) is 0.855. The maximum atomic E-state index is 12.3. The van der Waals surface area contributed by atoms with Gasteiger partial charge < -0.3 is 15.3 Å². The minimum absolute atomic E-state index is 0.00179. The van der Waals surface area contributed by atoms with E-state index in [0.29, 0.717) is 19.5 Å². The minimum atomic E-state index is -0.0806. The van der Waals surface area contributed by atoms with Gasteiger partial charge in [0.2, 0.25) is 5.91 Å². The molecule has 24 heavy (non-hydrogen) atoms. The van der Waals surface area contributed by atoms with Crippen molar-refractivity contribution in [2.24, 2.45) is 5.92 Å². The highest BCUT2D eigenvalue weighted by molar-refractivity contribution is 5.79. The molecule has 2 N–H and O–H groups in total. The van der Waals surface area contributed by atoms with Crippen LogP contribution in [0.2, 0.25) is 0 Å². The van der Waals surface area contributed by atoms with Gasteiger partial charge in [-0.2, -0.15) is 0 Å². The first-order chi connectivity index (χ1) is 11.7. The van der Waals surface area contributed by atoms with Crippen LogP contribution in [-0.4, -0.2) is 46.7 Å². The molecule has 0 radical (unpaired) electrons. The van der Waals surface area contributed by atoms with E-state index in [1.165, 1.54) is 11.9 Å². The summed E-state index contributed by atoms with van der Waals surface area (Å²) in [5, 5.41) is 12.7. The average Bonchev–Trinajstić information content (AvgIpc) is 3.00. The largest absolute Gasteiger partial charge is 0.396 e. The number of amides is 1.